The number of hydrogen-bond acceptors (Lipinski definition) is 8. The highest BCUT2D eigenvalue weighted by Gasteiger charge is 2.44. The predicted molar refractivity (Wildman–Crippen MR) is 65.6 cm³/mol. The lowest BCUT2D eigenvalue weighted by Crippen LogP contribution is -2.35. The number of nitrogen functional groups attached to an aromatic ring is 1. The molecule has 3 heterocycles. The topological polar surface area (TPSA) is 160 Å². The minimum atomic E-state index is -1.37. The van der Waals surface area contributed by atoms with Crippen LogP contribution >= 0.6 is 0 Å². The molecule has 0 amide bonds. The van der Waals surface area contributed by atoms with Crippen molar-refractivity contribution in [3.63, 3.8) is 0 Å². The summed E-state index contributed by atoms with van der Waals surface area (Å²) in [6, 6.07) is 0. The Balaban J connectivity index is 2.10. The van der Waals surface area contributed by atoms with Gasteiger partial charge < -0.3 is 25.8 Å². The average molecular weight is 283 g/mol. The Morgan fingerprint density at radius 2 is 2.15 bits per heavy atom. The number of ether oxygens (including phenoxy) is 1. The summed E-state index contributed by atoms with van der Waals surface area (Å²) in [6.45, 7) is -0.481. The van der Waals surface area contributed by atoms with E-state index in [0.717, 1.165) is 4.68 Å². The number of aromatic nitrogens is 4. The van der Waals surface area contributed by atoms with Crippen LogP contribution in [0.4, 0.5) is 5.82 Å². The number of nitrogens with two attached hydrogens (primary N) is 1. The van der Waals surface area contributed by atoms with Crippen LogP contribution in [-0.4, -0.2) is 60.0 Å². The van der Waals surface area contributed by atoms with Crippen LogP contribution in [0.1, 0.15) is 6.23 Å². The Bertz CT molecular complexity index is 697. The molecular weight excluding hydrogens is 270 g/mol. The highest BCUT2D eigenvalue weighted by Crippen LogP contribution is 2.28. The van der Waals surface area contributed by atoms with E-state index in [1.807, 2.05) is 0 Å². The van der Waals surface area contributed by atoms with E-state index in [1.165, 1.54) is 6.33 Å². The molecule has 0 bridgehead atoms. The number of aliphatic hydroxyl groups excluding tert-OH is 3. The van der Waals surface area contributed by atoms with Crippen LogP contribution in [-0.2, 0) is 4.74 Å². The number of aliphatic hydroxyl groups is 3. The number of rotatable bonds is 2. The van der Waals surface area contributed by atoms with E-state index in [2.05, 4.69) is 15.1 Å². The summed E-state index contributed by atoms with van der Waals surface area (Å²) in [5, 5.41) is 31.3. The first-order valence-corrected chi connectivity index (χ1v) is 5.87. The smallest absolute Gasteiger partial charge is 0.282 e. The van der Waals surface area contributed by atoms with Crippen LogP contribution in [0, 0.1) is 0 Å². The Morgan fingerprint density at radius 3 is 2.75 bits per heavy atom. The summed E-state index contributed by atoms with van der Waals surface area (Å²) in [7, 11) is 0. The predicted octanol–water partition coefficient (Wildman–Crippen LogP) is -2.69. The second-order valence-corrected chi connectivity index (χ2v) is 4.50. The number of nitrogens with zero attached hydrogens (tertiary/aromatic N) is 3. The first-order chi connectivity index (χ1) is 9.54. The van der Waals surface area contributed by atoms with E-state index in [4.69, 9.17) is 15.6 Å². The second-order valence-electron chi connectivity index (χ2n) is 4.50. The lowest BCUT2D eigenvalue weighted by atomic mass is 10.1. The molecule has 108 valence electrons. The maximum Gasteiger partial charge on any atom is 0.282 e. The third kappa shape index (κ3) is 1.70. The van der Waals surface area contributed by atoms with Gasteiger partial charge in [0.05, 0.1) is 6.61 Å². The first kappa shape index (κ1) is 13.0. The van der Waals surface area contributed by atoms with Gasteiger partial charge in [0.2, 0.25) is 0 Å². The minimum Gasteiger partial charge on any atom is -0.394 e. The number of H-pyrrole nitrogens is 1. The van der Waals surface area contributed by atoms with Gasteiger partial charge in [-0.15, -0.1) is 0 Å². The van der Waals surface area contributed by atoms with Crippen LogP contribution in [0.5, 0.6) is 0 Å². The number of aromatic amines is 1. The van der Waals surface area contributed by atoms with E-state index in [9.17, 15) is 15.0 Å². The fourth-order valence-corrected chi connectivity index (χ4v) is 2.25. The lowest BCUT2D eigenvalue weighted by Gasteiger charge is -2.14. The minimum absolute atomic E-state index is 0.00161. The van der Waals surface area contributed by atoms with Crippen LogP contribution in [0.3, 0.4) is 0 Å². The average Bonchev–Trinajstić information content (AvgIpc) is 2.90. The Hall–Kier alpha value is -2.01. The molecule has 10 heteroatoms. The number of nitrogens with one attached hydrogen (secondary N) is 1. The van der Waals surface area contributed by atoms with E-state index in [0.29, 0.717) is 0 Å². The molecule has 0 saturated carbocycles. The molecular formula is C10H13N5O5. The molecule has 2 aromatic rings. The molecule has 3 rings (SSSR count). The van der Waals surface area contributed by atoms with Crippen molar-refractivity contribution in [1.82, 2.24) is 19.7 Å². The number of anilines is 1. The number of fused-ring (bicyclic) bond motifs is 1. The molecule has 1 fully saturated rings. The normalized spacial score (nSPS) is 30.1. The van der Waals surface area contributed by atoms with Crippen LogP contribution in [0.15, 0.2) is 11.1 Å². The van der Waals surface area contributed by atoms with Crippen molar-refractivity contribution < 1.29 is 20.1 Å². The van der Waals surface area contributed by atoms with Gasteiger partial charge in [-0.1, -0.05) is 0 Å². The maximum absolute atomic E-state index is 12.2. The van der Waals surface area contributed by atoms with Crippen LogP contribution in [0.2, 0.25) is 0 Å². The van der Waals surface area contributed by atoms with Crippen LogP contribution < -0.4 is 11.3 Å². The molecule has 0 spiro atoms. The van der Waals surface area contributed by atoms with E-state index < -0.39 is 36.7 Å². The van der Waals surface area contributed by atoms with E-state index in [-0.39, 0.29) is 16.9 Å². The highest BCUT2D eigenvalue weighted by atomic mass is 16.6. The van der Waals surface area contributed by atoms with Crippen molar-refractivity contribution in [2.45, 2.75) is 24.5 Å². The molecule has 1 unspecified atom stereocenters. The summed E-state index contributed by atoms with van der Waals surface area (Å²) >= 11 is 0. The second kappa shape index (κ2) is 4.52. The van der Waals surface area contributed by atoms with Gasteiger partial charge in [0, 0.05) is 0 Å². The van der Waals surface area contributed by atoms with Crippen molar-refractivity contribution in [2.75, 3.05) is 12.3 Å². The molecule has 0 aliphatic carbocycles. The lowest BCUT2D eigenvalue weighted by molar-refractivity contribution is -0.0598. The molecule has 0 radical (unpaired) electrons. The Morgan fingerprint density at radius 1 is 1.40 bits per heavy atom. The van der Waals surface area contributed by atoms with E-state index in [1.54, 1.807) is 0 Å². The fourth-order valence-electron chi connectivity index (χ4n) is 2.25. The van der Waals surface area contributed by atoms with Gasteiger partial charge in [0.25, 0.3) is 5.56 Å². The standard InChI is InChI=1S/C10H13N5O5/c11-7-4-8(13-2-12-7)14-15(9(4)19)10-6(18)5(17)3(1-16)20-10/h2-3,5-6,10,16-18H,1H2,(H3,11,12,13,14)/t3-,5-,6-,10?/m1/s1. The van der Waals surface area contributed by atoms with Gasteiger partial charge in [-0.25, -0.2) is 14.6 Å². The van der Waals surface area contributed by atoms with Crippen molar-refractivity contribution in [3.05, 3.63) is 16.7 Å². The van der Waals surface area contributed by atoms with Gasteiger partial charge in [0.1, 0.15) is 35.8 Å². The monoisotopic (exact) mass is 283 g/mol. The zero-order valence-corrected chi connectivity index (χ0v) is 10.2. The fraction of sp³-hybridized carbons (Fsp3) is 0.500. The zero-order chi connectivity index (χ0) is 14.4. The molecule has 20 heavy (non-hydrogen) atoms. The SMILES string of the molecule is Nc1ncnc2[nH]n(C3O[C@H](CO)[C@@H](O)[C@H]3O)c(=O)c12. The molecule has 0 aromatic carbocycles. The first-order valence-electron chi connectivity index (χ1n) is 5.87. The van der Waals surface area contributed by atoms with Gasteiger partial charge in [-0.3, -0.25) is 9.89 Å². The van der Waals surface area contributed by atoms with Crippen molar-refractivity contribution in [1.29, 1.82) is 0 Å². The number of hydrogen-bond donors (Lipinski definition) is 5. The molecule has 6 N–H and O–H groups in total. The third-order valence-electron chi connectivity index (χ3n) is 3.31. The maximum atomic E-state index is 12.2. The van der Waals surface area contributed by atoms with Gasteiger partial charge in [0.15, 0.2) is 11.9 Å². The molecule has 10 nitrogen and oxygen atoms in total. The van der Waals surface area contributed by atoms with Crippen molar-refractivity contribution in [2.24, 2.45) is 0 Å². The Labute approximate surface area is 111 Å². The van der Waals surface area contributed by atoms with Crippen molar-refractivity contribution >= 4 is 16.9 Å². The quantitative estimate of drug-likeness (QED) is 0.398. The van der Waals surface area contributed by atoms with Crippen molar-refractivity contribution in [3.8, 4) is 0 Å². The summed E-state index contributed by atoms with van der Waals surface area (Å²) in [5.41, 5.74) is 5.23. The van der Waals surface area contributed by atoms with Crippen LogP contribution in [0.25, 0.3) is 11.0 Å². The summed E-state index contributed by atoms with van der Waals surface area (Å²) in [6.07, 6.45) is -3.62. The highest BCUT2D eigenvalue weighted by molar-refractivity contribution is 5.84. The third-order valence-corrected chi connectivity index (χ3v) is 3.31. The largest absolute Gasteiger partial charge is 0.394 e. The Kier molecular flexibility index (Phi) is 2.94. The molecule has 1 aliphatic rings. The molecule has 4 atom stereocenters. The summed E-state index contributed by atoms with van der Waals surface area (Å²) < 4.78 is 6.24. The molecule has 1 saturated heterocycles. The van der Waals surface area contributed by atoms with Gasteiger partial charge in [-0.2, -0.15) is 0 Å². The molecule has 1 aliphatic heterocycles. The van der Waals surface area contributed by atoms with E-state index >= 15 is 0 Å². The van der Waals surface area contributed by atoms with Gasteiger partial charge in [-0.05, 0) is 0 Å². The molecule has 2 aromatic heterocycles. The summed E-state index contributed by atoms with van der Waals surface area (Å²) in [5.74, 6) is 0.00161. The zero-order valence-electron chi connectivity index (χ0n) is 10.2. The summed E-state index contributed by atoms with van der Waals surface area (Å²) in [4.78, 5) is 19.8. The van der Waals surface area contributed by atoms with Gasteiger partial charge >= 0.3 is 0 Å².